The highest BCUT2D eigenvalue weighted by molar-refractivity contribution is 7.92. The first kappa shape index (κ1) is 22.5. The van der Waals surface area contributed by atoms with Crippen molar-refractivity contribution >= 4 is 61.3 Å². The smallest absolute Gasteiger partial charge is 0.249 e. The van der Waals surface area contributed by atoms with Gasteiger partial charge in [-0.25, -0.2) is 8.42 Å². The molecule has 1 atom stereocenters. The van der Waals surface area contributed by atoms with Crippen LogP contribution >= 0.6 is 34.5 Å². The third-order valence-corrected chi connectivity index (χ3v) is 7.07. The summed E-state index contributed by atoms with van der Waals surface area (Å²) in [6.07, 6.45) is 1.01. The third kappa shape index (κ3) is 5.10. The number of hydrogen-bond acceptors (Lipinski definition) is 6. The molecule has 0 bridgehead atoms. The zero-order chi connectivity index (χ0) is 22.1. The molecule has 0 spiro atoms. The Balaban J connectivity index is 1.82. The molecule has 11 heteroatoms. The van der Waals surface area contributed by atoms with E-state index in [1.54, 1.807) is 0 Å². The number of nitrogens with zero attached hydrogens (tertiary/aromatic N) is 3. The molecule has 158 valence electrons. The van der Waals surface area contributed by atoms with Gasteiger partial charge in [0, 0.05) is 5.56 Å². The van der Waals surface area contributed by atoms with Gasteiger partial charge in [-0.15, -0.1) is 10.2 Å². The fraction of sp³-hybridized carbons (Fsp3) is 0.211. The van der Waals surface area contributed by atoms with Crippen molar-refractivity contribution in [2.45, 2.75) is 19.9 Å². The lowest BCUT2D eigenvalue weighted by molar-refractivity contribution is -0.116. The molecule has 1 N–H and O–H groups in total. The van der Waals surface area contributed by atoms with E-state index in [-0.39, 0.29) is 20.9 Å². The molecule has 0 saturated carbocycles. The van der Waals surface area contributed by atoms with Crippen LogP contribution < -0.4 is 9.62 Å². The van der Waals surface area contributed by atoms with E-state index in [1.165, 1.54) is 36.5 Å². The quantitative estimate of drug-likeness (QED) is 0.551. The Hall–Kier alpha value is -2.20. The molecular formula is C19H18Cl2N4O3S2. The van der Waals surface area contributed by atoms with Crippen molar-refractivity contribution < 1.29 is 13.2 Å². The van der Waals surface area contributed by atoms with Crippen molar-refractivity contribution in [1.82, 2.24) is 10.2 Å². The maximum absolute atomic E-state index is 12.8. The monoisotopic (exact) mass is 484 g/mol. The minimum atomic E-state index is -3.79. The predicted octanol–water partition coefficient (Wildman–Crippen LogP) is 4.61. The zero-order valence-corrected chi connectivity index (χ0v) is 19.4. The van der Waals surface area contributed by atoms with Crippen LogP contribution in [0.2, 0.25) is 10.0 Å². The Morgan fingerprint density at radius 1 is 1.10 bits per heavy atom. The number of aryl methyl sites for hydroxylation is 1. The third-order valence-electron chi connectivity index (χ3n) is 4.20. The lowest BCUT2D eigenvalue weighted by Crippen LogP contribution is -2.45. The summed E-state index contributed by atoms with van der Waals surface area (Å²) in [7, 11) is -3.79. The summed E-state index contributed by atoms with van der Waals surface area (Å²) in [5, 5.41) is 12.1. The summed E-state index contributed by atoms with van der Waals surface area (Å²) < 4.78 is 25.8. The van der Waals surface area contributed by atoms with Gasteiger partial charge in [0.15, 0.2) is 0 Å². The number of rotatable bonds is 6. The van der Waals surface area contributed by atoms with E-state index < -0.39 is 22.0 Å². The number of sulfonamides is 1. The van der Waals surface area contributed by atoms with Gasteiger partial charge in [0.1, 0.15) is 11.0 Å². The molecule has 0 aliphatic carbocycles. The summed E-state index contributed by atoms with van der Waals surface area (Å²) in [5.74, 6) is -0.557. The summed E-state index contributed by atoms with van der Waals surface area (Å²) in [6, 6.07) is 11.0. The van der Waals surface area contributed by atoms with Gasteiger partial charge in [-0.1, -0.05) is 64.4 Å². The molecule has 30 heavy (non-hydrogen) atoms. The van der Waals surface area contributed by atoms with Crippen molar-refractivity contribution in [3.63, 3.8) is 0 Å². The Morgan fingerprint density at radius 2 is 1.77 bits per heavy atom. The minimum absolute atomic E-state index is 0.183. The summed E-state index contributed by atoms with van der Waals surface area (Å²) >= 11 is 13.1. The summed E-state index contributed by atoms with van der Waals surface area (Å²) in [5.41, 5.74) is 2.22. The van der Waals surface area contributed by atoms with E-state index in [4.69, 9.17) is 23.2 Å². The maximum Gasteiger partial charge on any atom is 0.249 e. The van der Waals surface area contributed by atoms with E-state index >= 15 is 0 Å². The van der Waals surface area contributed by atoms with Gasteiger partial charge < -0.3 is 0 Å². The second kappa shape index (κ2) is 8.89. The highest BCUT2D eigenvalue weighted by atomic mass is 35.5. The van der Waals surface area contributed by atoms with Gasteiger partial charge in [-0.05, 0) is 32.0 Å². The van der Waals surface area contributed by atoms with E-state index in [2.05, 4.69) is 15.5 Å². The number of nitrogens with one attached hydrogen (secondary N) is 1. The molecule has 7 nitrogen and oxygen atoms in total. The molecule has 1 aromatic heterocycles. The molecule has 3 rings (SSSR count). The summed E-state index contributed by atoms with van der Waals surface area (Å²) in [6.45, 7) is 3.46. The van der Waals surface area contributed by atoms with E-state index in [0.29, 0.717) is 5.01 Å². The maximum atomic E-state index is 12.8. The van der Waals surface area contributed by atoms with Crippen LogP contribution in [-0.2, 0) is 14.8 Å². The van der Waals surface area contributed by atoms with E-state index in [1.807, 2.05) is 31.2 Å². The number of halogens is 2. The van der Waals surface area contributed by atoms with Gasteiger partial charge in [0.2, 0.25) is 21.1 Å². The number of anilines is 2. The number of benzene rings is 2. The number of aromatic nitrogens is 2. The molecule has 0 aliphatic heterocycles. The molecule has 0 saturated heterocycles. The first-order valence-electron chi connectivity index (χ1n) is 8.72. The van der Waals surface area contributed by atoms with Gasteiger partial charge >= 0.3 is 0 Å². The molecule has 0 fully saturated rings. The minimum Gasteiger partial charge on any atom is -0.299 e. The van der Waals surface area contributed by atoms with Gasteiger partial charge in [0.25, 0.3) is 0 Å². The molecule has 0 unspecified atom stereocenters. The summed E-state index contributed by atoms with van der Waals surface area (Å²) in [4.78, 5) is 12.8. The molecule has 1 amide bonds. The fourth-order valence-electron chi connectivity index (χ4n) is 2.73. The number of carbonyl (C=O) groups is 1. The highest BCUT2D eigenvalue weighted by Gasteiger charge is 2.30. The van der Waals surface area contributed by atoms with Gasteiger partial charge in [-0.3, -0.25) is 14.4 Å². The van der Waals surface area contributed by atoms with Crippen LogP contribution in [0.1, 0.15) is 12.5 Å². The van der Waals surface area contributed by atoms with Crippen molar-refractivity contribution in [2.24, 2.45) is 0 Å². The predicted molar refractivity (Wildman–Crippen MR) is 122 cm³/mol. The normalized spacial score (nSPS) is 12.4. The Morgan fingerprint density at radius 3 is 2.37 bits per heavy atom. The number of hydrogen-bond donors (Lipinski definition) is 1. The van der Waals surface area contributed by atoms with Crippen LogP contribution in [0.3, 0.4) is 0 Å². The second-order valence-electron chi connectivity index (χ2n) is 6.60. The van der Waals surface area contributed by atoms with Gasteiger partial charge in [0.05, 0.1) is 22.0 Å². The largest absolute Gasteiger partial charge is 0.299 e. The Kier molecular flexibility index (Phi) is 6.66. The number of amides is 1. The van der Waals surface area contributed by atoms with Crippen LogP contribution in [0, 0.1) is 6.92 Å². The SMILES string of the molecule is Cc1ccc(-c2nnc(NC(=O)[C@H](C)N(c3ccc(Cl)c(Cl)c3)S(C)(=O)=O)s2)cc1. The first-order chi connectivity index (χ1) is 14.1. The first-order valence-corrected chi connectivity index (χ1v) is 12.1. The zero-order valence-electron chi connectivity index (χ0n) is 16.3. The molecule has 3 aromatic rings. The second-order valence-corrected chi connectivity index (χ2v) is 10.3. The molecule has 0 radical (unpaired) electrons. The van der Waals surface area contributed by atoms with Crippen molar-refractivity contribution in [2.75, 3.05) is 15.9 Å². The van der Waals surface area contributed by atoms with Crippen LogP contribution in [0.25, 0.3) is 10.6 Å². The Labute approximate surface area is 188 Å². The number of carbonyl (C=O) groups excluding carboxylic acids is 1. The fourth-order valence-corrected chi connectivity index (χ4v) is 4.94. The average molecular weight is 485 g/mol. The van der Waals surface area contributed by atoms with Crippen LogP contribution in [-0.4, -0.2) is 36.8 Å². The topological polar surface area (TPSA) is 92.3 Å². The lowest BCUT2D eigenvalue weighted by atomic mass is 10.2. The lowest BCUT2D eigenvalue weighted by Gasteiger charge is -2.28. The average Bonchev–Trinajstić information content (AvgIpc) is 3.12. The Bertz CT molecular complexity index is 1180. The molecule has 0 aliphatic rings. The molecule has 2 aromatic carbocycles. The van der Waals surface area contributed by atoms with Crippen molar-refractivity contribution in [3.05, 3.63) is 58.1 Å². The highest BCUT2D eigenvalue weighted by Crippen LogP contribution is 2.30. The van der Waals surface area contributed by atoms with Crippen molar-refractivity contribution in [3.8, 4) is 10.6 Å². The van der Waals surface area contributed by atoms with Crippen LogP contribution in [0.4, 0.5) is 10.8 Å². The molecule has 1 heterocycles. The van der Waals surface area contributed by atoms with Crippen LogP contribution in [0.5, 0.6) is 0 Å². The van der Waals surface area contributed by atoms with Crippen molar-refractivity contribution in [1.29, 1.82) is 0 Å². The van der Waals surface area contributed by atoms with Gasteiger partial charge in [-0.2, -0.15) is 0 Å². The molecular weight excluding hydrogens is 467 g/mol. The standard InChI is InChI=1S/C19H18Cl2N4O3S2/c1-11-4-6-13(7-5-11)18-23-24-19(29-18)22-17(26)12(2)25(30(3,27)28)14-8-9-15(20)16(21)10-14/h4-10,12H,1-3H3,(H,22,24,26)/t12-/m0/s1. The van der Waals surface area contributed by atoms with Crippen LogP contribution in [0.15, 0.2) is 42.5 Å². The van der Waals surface area contributed by atoms with E-state index in [9.17, 15) is 13.2 Å². The van der Waals surface area contributed by atoms with E-state index in [0.717, 1.165) is 21.7 Å².